The van der Waals surface area contributed by atoms with Gasteiger partial charge in [0.1, 0.15) is 0 Å². The summed E-state index contributed by atoms with van der Waals surface area (Å²) in [4.78, 5) is 39.9. The molecule has 5 fully saturated rings. The number of imide groups is 1. The second-order valence-corrected chi connectivity index (χ2v) is 10.4. The highest BCUT2D eigenvalue weighted by molar-refractivity contribution is 6.10. The molecule has 4 bridgehead atoms. The van der Waals surface area contributed by atoms with E-state index in [1.54, 1.807) is 6.07 Å². The Kier molecular flexibility index (Phi) is 5.03. The van der Waals surface area contributed by atoms with Gasteiger partial charge in [0, 0.05) is 11.6 Å². The summed E-state index contributed by atoms with van der Waals surface area (Å²) >= 11 is 0. The minimum absolute atomic E-state index is 0.0326. The van der Waals surface area contributed by atoms with Crippen LogP contribution < -0.4 is 10.6 Å². The fraction of sp³-hybridized carbons (Fsp3) is 0.625. The number of carbonyl (C=O) groups is 3. The lowest BCUT2D eigenvalue weighted by Gasteiger charge is -2.60. The highest BCUT2D eigenvalue weighted by atomic mass is 19.4. The van der Waals surface area contributed by atoms with E-state index >= 15 is 0 Å². The summed E-state index contributed by atoms with van der Waals surface area (Å²) in [5.41, 5.74) is -3.86. The smallest absolute Gasteiger partial charge is 0.314 e. The molecule has 9 heteroatoms. The Morgan fingerprint density at radius 3 is 2.12 bits per heavy atom. The number of halogens is 3. The predicted octanol–water partition coefficient (Wildman–Crippen LogP) is 4.22. The Morgan fingerprint density at radius 1 is 1.09 bits per heavy atom. The van der Waals surface area contributed by atoms with Crippen LogP contribution in [0.3, 0.4) is 0 Å². The Balaban J connectivity index is 1.49. The molecule has 4 saturated carbocycles. The average molecular weight is 464 g/mol. The van der Waals surface area contributed by atoms with Crippen LogP contribution in [0.25, 0.3) is 0 Å². The number of nitrogens with zero attached hydrogens (tertiary/aromatic N) is 1. The quantitative estimate of drug-likeness (QED) is 0.642. The van der Waals surface area contributed by atoms with Crippen molar-refractivity contribution in [3.05, 3.63) is 35.9 Å². The van der Waals surface area contributed by atoms with Crippen LogP contribution in [0.5, 0.6) is 0 Å². The molecule has 0 radical (unpaired) electrons. The molecule has 1 heterocycles. The first-order chi connectivity index (χ1) is 15.6. The van der Waals surface area contributed by atoms with E-state index in [-0.39, 0.29) is 11.0 Å². The van der Waals surface area contributed by atoms with E-state index in [1.165, 1.54) is 24.3 Å². The highest BCUT2D eigenvalue weighted by Crippen LogP contribution is 2.62. The minimum Gasteiger partial charge on any atom is -0.314 e. The number of hydrogen-bond donors (Lipinski definition) is 2. The number of carbonyl (C=O) groups excluding carboxylic acids is 3. The van der Waals surface area contributed by atoms with Crippen LogP contribution in [-0.2, 0) is 4.79 Å². The molecule has 0 unspecified atom stereocenters. The van der Waals surface area contributed by atoms with Crippen molar-refractivity contribution in [2.24, 2.45) is 23.2 Å². The Labute approximate surface area is 190 Å². The van der Waals surface area contributed by atoms with Gasteiger partial charge in [0.15, 0.2) is 0 Å². The van der Waals surface area contributed by atoms with E-state index in [2.05, 4.69) is 0 Å². The van der Waals surface area contributed by atoms with Gasteiger partial charge in [-0.3, -0.25) is 19.8 Å². The number of urea groups is 1. The monoisotopic (exact) mass is 463 g/mol. The van der Waals surface area contributed by atoms with Crippen molar-refractivity contribution in [3.8, 4) is 0 Å². The molecule has 178 valence electrons. The van der Waals surface area contributed by atoms with Gasteiger partial charge in [-0.1, -0.05) is 25.1 Å². The molecule has 2 N–H and O–H groups in total. The van der Waals surface area contributed by atoms with Crippen LogP contribution in [-0.4, -0.2) is 40.6 Å². The predicted molar refractivity (Wildman–Crippen MR) is 113 cm³/mol. The SMILES string of the molecule is CC[C@@H](N1C(=O)N[C@](NC(=O)c2ccccc2)(C(F)(F)F)C1=O)C12CC3CC(CC(C3)C1)C2. The van der Waals surface area contributed by atoms with Crippen molar-refractivity contribution in [1.29, 1.82) is 0 Å². The molecule has 1 aromatic rings. The molecular formula is C24H28F3N3O3. The molecule has 1 aromatic carbocycles. The fourth-order valence-corrected chi connectivity index (χ4v) is 7.48. The standard InChI is InChI=1S/C24H28F3N3O3/c1-2-18(22-11-14-8-15(12-22)10-16(9-14)13-22)30-20(32)23(24(25,26)27,29-21(30)33)28-19(31)17-6-4-3-5-7-17/h3-7,14-16,18H,2,8-13H2,1H3,(H,28,31)(H,29,33)/t14?,15?,16?,18-,22?,23+/m1/s1. The molecule has 6 rings (SSSR count). The van der Waals surface area contributed by atoms with Crippen molar-refractivity contribution in [2.45, 2.75) is 69.8 Å². The summed E-state index contributed by atoms with van der Waals surface area (Å²) in [6, 6.07) is 5.63. The lowest BCUT2D eigenvalue weighted by atomic mass is 9.47. The van der Waals surface area contributed by atoms with Crippen molar-refractivity contribution >= 4 is 17.8 Å². The maximum absolute atomic E-state index is 14.3. The molecule has 0 spiro atoms. The molecule has 1 aliphatic heterocycles. The second kappa shape index (κ2) is 7.46. The number of nitrogens with one attached hydrogen (secondary N) is 2. The third-order valence-electron chi connectivity index (χ3n) is 8.31. The van der Waals surface area contributed by atoms with E-state index in [9.17, 15) is 27.6 Å². The number of rotatable bonds is 5. The van der Waals surface area contributed by atoms with Gasteiger partial charge in [-0.2, -0.15) is 13.2 Å². The molecule has 4 amide bonds. The van der Waals surface area contributed by atoms with E-state index in [0.29, 0.717) is 24.2 Å². The Hall–Kier alpha value is -2.58. The van der Waals surface area contributed by atoms with Crippen LogP contribution in [0.2, 0.25) is 0 Å². The minimum atomic E-state index is -5.21. The van der Waals surface area contributed by atoms with Crippen LogP contribution in [0.1, 0.15) is 62.2 Å². The highest BCUT2D eigenvalue weighted by Gasteiger charge is 2.71. The first kappa shape index (κ1) is 22.2. The molecule has 2 atom stereocenters. The van der Waals surface area contributed by atoms with Gasteiger partial charge in [0.05, 0.1) is 0 Å². The summed E-state index contributed by atoms with van der Waals surface area (Å²) in [5.74, 6) is -0.984. The first-order valence-electron chi connectivity index (χ1n) is 11.7. The molecular weight excluding hydrogens is 435 g/mol. The summed E-state index contributed by atoms with van der Waals surface area (Å²) in [6.45, 7) is 1.82. The molecule has 6 nitrogen and oxygen atoms in total. The molecule has 1 saturated heterocycles. The van der Waals surface area contributed by atoms with Crippen molar-refractivity contribution in [1.82, 2.24) is 15.5 Å². The topological polar surface area (TPSA) is 78.5 Å². The maximum Gasteiger partial charge on any atom is 0.440 e. The van der Waals surface area contributed by atoms with Crippen LogP contribution >= 0.6 is 0 Å². The Bertz CT molecular complexity index is 945. The van der Waals surface area contributed by atoms with Crippen molar-refractivity contribution in [2.75, 3.05) is 0 Å². The summed E-state index contributed by atoms with van der Waals surface area (Å²) in [5, 5.41) is 3.66. The maximum atomic E-state index is 14.3. The van der Waals surface area contributed by atoms with Gasteiger partial charge < -0.3 is 5.32 Å². The van der Waals surface area contributed by atoms with Gasteiger partial charge in [-0.25, -0.2) is 4.79 Å². The average Bonchev–Trinajstić information content (AvgIpc) is 2.99. The third kappa shape index (κ3) is 3.34. The van der Waals surface area contributed by atoms with Crippen LogP contribution in [0.4, 0.5) is 18.0 Å². The lowest BCUT2D eigenvalue weighted by molar-refractivity contribution is -0.202. The van der Waals surface area contributed by atoms with Crippen molar-refractivity contribution in [3.63, 3.8) is 0 Å². The number of hydrogen-bond acceptors (Lipinski definition) is 3. The van der Waals surface area contributed by atoms with Gasteiger partial charge >= 0.3 is 12.2 Å². The normalized spacial score (nSPS) is 36.1. The number of alkyl halides is 3. The Morgan fingerprint density at radius 2 is 1.64 bits per heavy atom. The summed E-state index contributed by atoms with van der Waals surface area (Å²) in [6.07, 6.45) is 1.09. The zero-order chi connectivity index (χ0) is 23.6. The number of amides is 4. The van der Waals surface area contributed by atoms with Crippen molar-refractivity contribution < 1.29 is 27.6 Å². The van der Waals surface area contributed by atoms with Gasteiger partial charge in [-0.15, -0.1) is 0 Å². The molecule has 0 aromatic heterocycles. The summed E-state index contributed by atoms with van der Waals surface area (Å²) < 4.78 is 43.0. The van der Waals surface area contributed by atoms with Crippen LogP contribution in [0, 0.1) is 23.2 Å². The van der Waals surface area contributed by atoms with E-state index in [0.717, 1.165) is 43.4 Å². The summed E-state index contributed by atoms with van der Waals surface area (Å²) in [7, 11) is 0. The third-order valence-corrected chi connectivity index (χ3v) is 8.31. The first-order valence-corrected chi connectivity index (χ1v) is 11.7. The van der Waals surface area contributed by atoms with E-state index < -0.39 is 35.7 Å². The fourth-order valence-electron chi connectivity index (χ4n) is 7.48. The largest absolute Gasteiger partial charge is 0.440 e. The zero-order valence-corrected chi connectivity index (χ0v) is 18.5. The molecule has 33 heavy (non-hydrogen) atoms. The van der Waals surface area contributed by atoms with Gasteiger partial charge in [-0.05, 0) is 80.2 Å². The zero-order valence-electron chi connectivity index (χ0n) is 18.5. The van der Waals surface area contributed by atoms with Crippen LogP contribution in [0.15, 0.2) is 30.3 Å². The van der Waals surface area contributed by atoms with Gasteiger partial charge in [0.2, 0.25) is 0 Å². The molecule has 5 aliphatic rings. The number of benzene rings is 1. The molecule has 4 aliphatic carbocycles. The van der Waals surface area contributed by atoms with E-state index in [4.69, 9.17) is 0 Å². The second-order valence-electron chi connectivity index (χ2n) is 10.4. The van der Waals surface area contributed by atoms with E-state index in [1.807, 2.05) is 17.6 Å². The lowest BCUT2D eigenvalue weighted by Crippen LogP contribution is -2.70. The van der Waals surface area contributed by atoms with Gasteiger partial charge in [0.25, 0.3) is 17.5 Å².